The summed E-state index contributed by atoms with van der Waals surface area (Å²) in [5, 5.41) is 0. The molecule has 4 nitrogen and oxygen atoms in total. The molecule has 1 heterocycles. The summed E-state index contributed by atoms with van der Waals surface area (Å²) in [5.41, 5.74) is 0.291. The summed E-state index contributed by atoms with van der Waals surface area (Å²) in [6, 6.07) is 1.47. The van der Waals surface area contributed by atoms with Gasteiger partial charge in [-0.3, -0.25) is 4.79 Å². The first-order chi connectivity index (χ1) is 6.17. The lowest BCUT2D eigenvalue weighted by atomic mass is 10.3. The van der Waals surface area contributed by atoms with Crippen LogP contribution in [-0.4, -0.2) is 28.7 Å². The lowest BCUT2D eigenvalue weighted by Crippen LogP contribution is -2.06. The van der Waals surface area contributed by atoms with Crippen molar-refractivity contribution >= 4 is 17.4 Å². The van der Waals surface area contributed by atoms with Crippen molar-refractivity contribution in [2.24, 2.45) is 0 Å². The number of rotatable bonds is 3. The molecule has 13 heavy (non-hydrogen) atoms. The molecule has 0 fully saturated rings. The molecule has 0 aliphatic rings. The highest BCUT2D eigenvalue weighted by atomic mass is 35.5. The molecule has 0 atom stereocenters. The molecule has 0 radical (unpaired) electrons. The molecule has 0 amide bonds. The van der Waals surface area contributed by atoms with Crippen LogP contribution in [0.2, 0.25) is 0 Å². The average molecular weight is 201 g/mol. The normalized spacial score (nSPS) is 9.77. The number of alkyl halides is 1. The molecule has 0 unspecified atom stereocenters. The zero-order valence-corrected chi connectivity index (χ0v) is 8.13. The smallest absolute Gasteiger partial charge is 0.217 e. The fourth-order valence-electron chi connectivity index (χ4n) is 0.856. The van der Waals surface area contributed by atoms with E-state index >= 15 is 0 Å². The van der Waals surface area contributed by atoms with Gasteiger partial charge in [-0.05, 0) is 6.92 Å². The number of carbonyl (C=O) groups excluding carboxylic acids is 1. The highest BCUT2D eigenvalue weighted by Gasteiger charge is 2.08. The molecule has 1 rings (SSSR count). The second-order valence-electron chi connectivity index (χ2n) is 2.40. The average Bonchev–Trinajstić information content (AvgIpc) is 2.15. The molecule has 0 saturated carbocycles. The van der Waals surface area contributed by atoms with Gasteiger partial charge >= 0.3 is 0 Å². The number of methoxy groups -OCH3 is 1. The Morgan fingerprint density at radius 1 is 1.62 bits per heavy atom. The third-order valence-electron chi connectivity index (χ3n) is 1.43. The Hall–Kier alpha value is -1.16. The number of carbonyl (C=O) groups is 1. The highest BCUT2D eigenvalue weighted by molar-refractivity contribution is 6.30. The number of aromatic nitrogens is 2. The van der Waals surface area contributed by atoms with E-state index in [1.165, 1.54) is 13.2 Å². The quantitative estimate of drug-likeness (QED) is 0.544. The van der Waals surface area contributed by atoms with Gasteiger partial charge in [0.25, 0.3) is 0 Å². The summed E-state index contributed by atoms with van der Waals surface area (Å²) in [5.74, 6) is 0.554. The van der Waals surface area contributed by atoms with E-state index in [1.54, 1.807) is 6.92 Å². The fourth-order valence-corrected chi connectivity index (χ4v) is 0.993. The van der Waals surface area contributed by atoms with Crippen LogP contribution in [0.15, 0.2) is 6.07 Å². The van der Waals surface area contributed by atoms with Crippen molar-refractivity contribution in [3.63, 3.8) is 0 Å². The Morgan fingerprint density at radius 3 is 2.85 bits per heavy atom. The van der Waals surface area contributed by atoms with Crippen LogP contribution in [0.3, 0.4) is 0 Å². The van der Waals surface area contributed by atoms with Crippen LogP contribution in [0.4, 0.5) is 0 Å². The minimum atomic E-state index is -0.231. The summed E-state index contributed by atoms with van der Waals surface area (Å²) < 4.78 is 4.88. The van der Waals surface area contributed by atoms with E-state index in [0.29, 0.717) is 17.4 Å². The van der Waals surface area contributed by atoms with Gasteiger partial charge in [0.15, 0.2) is 5.78 Å². The van der Waals surface area contributed by atoms with E-state index in [1.807, 2.05) is 0 Å². The number of aryl methyl sites for hydroxylation is 1. The van der Waals surface area contributed by atoms with Gasteiger partial charge in [-0.1, -0.05) is 0 Å². The van der Waals surface area contributed by atoms with Crippen LogP contribution in [0.25, 0.3) is 0 Å². The lowest BCUT2D eigenvalue weighted by molar-refractivity contribution is 0.101. The molecule has 0 aromatic carbocycles. The molecule has 1 aromatic heterocycles. The van der Waals surface area contributed by atoms with Gasteiger partial charge < -0.3 is 4.74 Å². The lowest BCUT2D eigenvalue weighted by Gasteiger charge is -2.02. The van der Waals surface area contributed by atoms with Crippen LogP contribution in [0.5, 0.6) is 5.88 Å². The predicted octanol–water partition coefficient (Wildman–Crippen LogP) is 1.22. The van der Waals surface area contributed by atoms with Crippen molar-refractivity contribution in [3.8, 4) is 5.88 Å². The number of hydrogen-bond donors (Lipinski definition) is 0. The molecule has 0 aliphatic carbocycles. The van der Waals surface area contributed by atoms with Gasteiger partial charge in [-0.15, -0.1) is 11.6 Å². The Morgan fingerprint density at radius 2 is 2.31 bits per heavy atom. The molecule has 0 spiro atoms. The van der Waals surface area contributed by atoms with E-state index in [-0.39, 0.29) is 11.7 Å². The fraction of sp³-hybridized carbons (Fsp3) is 0.375. The summed E-state index contributed by atoms with van der Waals surface area (Å²) in [6.07, 6.45) is 0. The van der Waals surface area contributed by atoms with Crippen molar-refractivity contribution in [1.29, 1.82) is 0 Å². The zero-order chi connectivity index (χ0) is 9.84. The number of nitrogens with zero attached hydrogens (tertiary/aromatic N) is 2. The van der Waals surface area contributed by atoms with Gasteiger partial charge in [-0.2, -0.15) is 4.98 Å². The zero-order valence-electron chi connectivity index (χ0n) is 7.37. The SMILES string of the molecule is COc1cc(C(=O)CCl)nc(C)n1. The van der Waals surface area contributed by atoms with Gasteiger partial charge in [0, 0.05) is 6.07 Å². The van der Waals surface area contributed by atoms with Gasteiger partial charge in [0.2, 0.25) is 5.88 Å². The minimum absolute atomic E-state index is 0.0837. The Kier molecular flexibility index (Phi) is 3.19. The number of ketones is 1. The predicted molar refractivity (Wildman–Crippen MR) is 48.4 cm³/mol. The first kappa shape index (κ1) is 9.92. The van der Waals surface area contributed by atoms with E-state index < -0.39 is 0 Å². The molecule has 5 heteroatoms. The van der Waals surface area contributed by atoms with Gasteiger partial charge in [0.05, 0.1) is 13.0 Å². The molecule has 0 bridgehead atoms. The second-order valence-corrected chi connectivity index (χ2v) is 2.67. The number of halogens is 1. The molecular formula is C8H9ClN2O2. The third-order valence-corrected chi connectivity index (χ3v) is 1.67. The summed E-state index contributed by atoms with van der Waals surface area (Å²) in [7, 11) is 1.48. The summed E-state index contributed by atoms with van der Waals surface area (Å²) in [6.45, 7) is 1.69. The Bertz CT molecular complexity index is 328. The topological polar surface area (TPSA) is 52.1 Å². The maximum atomic E-state index is 11.2. The molecule has 0 saturated heterocycles. The molecule has 0 aliphatic heterocycles. The van der Waals surface area contributed by atoms with Crippen LogP contribution in [0, 0.1) is 6.92 Å². The van der Waals surface area contributed by atoms with Crippen molar-refractivity contribution in [2.45, 2.75) is 6.92 Å². The minimum Gasteiger partial charge on any atom is -0.481 e. The van der Waals surface area contributed by atoms with E-state index in [2.05, 4.69) is 9.97 Å². The van der Waals surface area contributed by atoms with Crippen molar-refractivity contribution in [3.05, 3.63) is 17.6 Å². The number of ether oxygens (including phenoxy) is 1. The number of hydrogen-bond acceptors (Lipinski definition) is 4. The van der Waals surface area contributed by atoms with Crippen molar-refractivity contribution in [2.75, 3.05) is 13.0 Å². The second kappa shape index (κ2) is 4.18. The highest BCUT2D eigenvalue weighted by Crippen LogP contribution is 2.09. The van der Waals surface area contributed by atoms with Crippen LogP contribution in [0.1, 0.15) is 16.3 Å². The summed E-state index contributed by atoms with van der Waals surface area (Å²) >= 11 is 5.38. The first-order valence-corrected chi connectivity index (χ1v) is 4.19. The maximum Gasteiger partial charge on any atom is 0.217 e. The van der Waals surface area contributed by atoms with E-state index in [4.69, 9.17) is 16.3 Å². The van der Waals surface area contributed by atoms with Crippen LogP contribution in [-0.2, 0) is 0 Å². The van der Waals surface area contributed by atoms with Crippen LogP contribution >= 0.6 is 11.6 Å². The molecule has 0 N–H and O–H groups in total. The van der Waals surface area contributed by atoms with E-state index in [0.717, 1.165) is 0 Å². The van der Waals surface area contributed by atoms with Gasteiger partial charge in [-0.25, -0.2) is 4.98 Å². The largest absolute Gasteiger partial charge is 0.481 e. The van der Waals surface area contributed by atoms with Gasteiger partial charge in [0.1, 0.15) is 11.5 Å². The Balaban J connectivity index is 3.08. The maximum absolute atomic E-state index is 11.2. The third kappa shape index (κ3) is 2.39. The van der Waals surface area contributed by atoms with Crippen LogP contribution < -0.4 is 4.74 Å². The molecule has 1 aromatic rings. The first-order valence-electron chi connectivity index (χ1n) is 3.66. The molecule has 70 valence electrons. The standard InChI is InChI=1S/C8H9ClN2O2/c1-5-10-6(7(12)4-9)3-8(11-5)13-2/h3H,4H2,1-2H3. The Labute approximate surface area is 80.9 Å². The summed E-state index contributed by atoms with van der Waals surface area (Å²) in [4.78, 5) is 19.0. The van der Waals surface area contributed by atoms with Crippen molar-refractivity contribution < 1.29 is 9.53 Å². The van der Waals surface area contributed by atoms with E-state index in [9.17, 15) is 4.79 Å². The van der Waals surface area contributed by atoms with Crippen molar-refractivity contribution in [1.82, 2.24) is 9.97 Å². The molecular weight excluding hydrogens is 192 g/mol. The number of Topliss-reactive ketones (excluding diaryl/α,β-unsaturated/α-hetero) is 1. The monoisotopic (exact) mass is 200 g/mol.